The fourth-order valence-electron chi connectivity index (χ4n) is 3.24. The molecule has 0 radical (unpaired) electrons. The second-order valence-corrected chi connectivity index (χ2v) is 5.57. The largest absolute Gasteiger partial charge is 0.341 e. The molecule has 15 heavy (non-hydrogen) atoms. The van der Waals surface area contributed by atoms with Crippen molar-refractivity contribution >= 4 is 5.91 Å². The van der Waals surface area contributed by atoms with E-state index in [1.165, 1.54) is 19.3 Å². The SMILES string of the molecule is O=C(C1CCNCC1)N1CC2(CCC2)C1. The van der Waals surface area contributed by atoms with Crippen molar-refractivity contribution in [2.45, 2.75) is 32.1 Å². The van der Waals surface area contributed by atoms with Gasteiger partial charge in [-0.15, -0.1) is 0 Å². The number of rotatable bonds is 1. The third-order valence-electron chi connectivity index (χ3n) is 4.47. The predicted octanol–water partition coefficient (Wildman–Crippen LogP) is 0.998. The van der Waals surface area contributed by atoms with Crippen LogP contribution >= 0.6 is 0 Å². The fraction of sp³-hybridized carbons (Fsp3) is 0.917. The molecule has 2 saturated heterocycles. The van der Waals surface area contributed by atoms with Gasteiger partial charge >= 0.3 is 0 Å². The molecule has 1 spiro atoms. The Balaban J connectivity index is 1.52. The Kier molecular flexibility index (Phi) is 2.23. The van der Waals surface area contributed by atoms with Crippen molar-refractivity contribution in [3.63, 3.8) is 0 Å². The summed E-state index contributed by atoms with van der Waals surface area (Å²) in [4.78, 5) is 14.2. The van der Waals surface area contributed by atoms with Crippen LogP contribution in [0.25, 0.3) is 0 Å². The molecule has 1 saturated carbocycles. The van der Waals surface area contributed by atoms with Gasteiger partial charge in [-0.1, -0.05) is 6.42 Å². The molecule has 1 aliphatic carbocycles. The van der Waals surface area contributed by atoms with Gasteiger partial charge in [0.1, 0.15) is 0 Å². The van der Waals surface area contributed by atoms with E-state index in [1.807, 2.05) is 0 Å². The highest BCUT2D eigenvalue weighted by Gasteiger charge is 2.49. The van der Waals surface area contributed by atoms with Crippen LogP contribution in [0.5, 0.6) is 0 Å². The lowest BCUT2D eigenvalue weighted by molar-refractivity contribution is -0.154. The van der Waals surface area contributed by atoms with Crippen LogP contribution in [0.2, 0.25) is 0 Å². The molecular formula is C12H20N2O. The van der Waals surface area contributed by atoms with Crippen LogP contribution in [-0.2, 0) is 4.79 Å². The van der Waals surface area contributed by atoms with E-state index in [4.69, 9.17) is 0 Å². The van der Waals surface area contributed by atoms with Gasteiger partial charge in [0.15, 0.2) is 0 Å². The maximum atomic E-state index is 12.1. The highest BCUT2D eigenvalue weighted by Crippen LogP contribution is 2.48. The number of hydrogen-bond donors (Lipinski definition) is 1. The third kappa shape index (κ3) is 1.57. The van der Waals surface area contributed by atoms with Crippen molar-refractivity contribution in [2.24, 2.45) is 11.3 Å². The Hall–Kier alpha value is -0.570. The molecule has 84 valence electrons. The normalized spacial score (nSPS) is 29.7. The molecule has 0 unspecified atom stereocenters. The number of hydrogen-bond acceptors (Lipinski definition) is 2. The lowest BCUT2D eigenvalue weighted by atomic mass is 9.63. The maximum absolute atomic E-state index is 12.1. The van der Waals surface area contributed by atoms with Gasteiger partial charge in [-0.25, -0.2) is 0 Å². The van der Waals surface area contributed by atoms with E-state index in [0.717, 1.165) is 39.0 Å². The monoisotopic (exact) mass is 208 g/mol. The Bertz CT molecular complexity index is 259. The first-order chi connectivity index (χ1) is 7.29. The molecule has 0 atom stereocenters. The molecule has 3 aliphatic rings. The van der Waals surface area contributed by atoms with Gasteiger partial charge < -0.3 is 10.2 Å². The maximum Gasteiger partial charge on any atom is 0.225 e. The first-order valence-corrected chi connectivity index (χ1v) is 6.29. The van der Waals surface area contributed by atoms with Crippen molar-refractivity contribution in [3.8, 4) is 0 Å². The second kappa shape index (κ2) is 3.48. The molecule has 2 aliphatic heterocycles. The van der Waals surface area contributed by atoms with Gasteiger partial charge in [0, 0.05) is 24.4 Å². The summed E-state index contributed by atoms with van der Waals surface area (Å²) >= 11 is 0. The molecule has 0 bridgehead atoms. The van der Waals surface area contributed by atoms with Gasteiger partial charge in [-0.2, -0.15) is 0 Å². The van der Waals surface area contributed by atoms with E-state index < -0.39 is 0 Å². The quantitative estimate of drug-likeness (QED) is 0.697. The van der Waals surface area contributed by atoms with E-state index >= 15 is 0 Å². The average Bonchev–Trinajstić information content (AvgIpc) is 2.14. The molecular weight excluding hydrogens is 188 g/mol. The summed E-state index contributed by atoms with van der Waals surface area (Å²) in [6.07, 6.45) is 6.20. The summed E-state index contributed by atoms with van der Waals surface area (Å²) in [6, 6.07) is 0. The molecule has 2 heterocycles. The van der Waals surface area contributed by atoms with Gasteiger partial charge in [-0.3, -0.25) is 4.79 Å². The number of likely N-dealkylation sites (tertiary alicyclic amines) is 1. The van der Waals surface area contributed by atoms with Crippen LogP contribution in [0.3, 0.4) is 0 Å². The zero-order valence-corrected chi connectivity index (χ0v) is 9.30. The second-order valence-electron chi connectivity index (χ2n) is 5.57. The average molecular weight is 208 g/mol. The molecule has 3 heteroatoms. The summed E-state index contributed by atoms with van der Waals surface area (Å²) in [5.74, 6) is 0.762. The molecule has 0 aromatic heterocycles. The molecule has 3 nitrogen and oxygen atoms in total. The summed E-state index contributed by atoms with van der Waals surface area (Å²) in [7, 11) is 0. The van der Waals surface area contributed by atoms with Crippen LogP contribution in [0.4, 0.5) is 0 Å². The minimum Gasteiger partial charge on any atom is -0.341 e. The lowest BCUT2D eigenvalue weighted by Gasteiger charge is -2.56. The smallest absolute Gasteiger partial charge is 0.225 e. The van der Waals surface area contributed by atoms with Crippen molar-refractivity contribution in [2.75, 3.05) is 26.2 Å². The van der Waals surface area contributed by atoms with E-state index in [9.17, 15) is 4.79 Å². The molecule has 3 fully saturated rings. The molecule has 1 N–H and O–H groups in total. The van der Waals surface area contributed by atoms with Crippen molar-refractivity contribution in [1.29, 1.82) is 0 Å². The first-order valence-electron chi connectivity index (χ1n) is 6.29. The zero-order valence-electron chi connectivity index (χ0n) is 9.30. The first kappa shape index (κ1) is 9.64. The third-order valence-corrected chi connectivity index (χ3v) is 4.47. The van der Waals surface area contributed by atoms with Gasteiger partial charge in [0.2, 0.25) is 5.91 Å². The van der Waals surface area contributed by atoms with Crippen LogP contribution in [-0.4, -0.2) is 37.0 Å². The Morgan fingerprint density at radius 2 is 1.87 bits per heavy atom. The number of carbonyl (C=O) groups is 1. The van der Waals surface area contributed by atoms with Crippen LogP contribution in [0.15, 0.2) is 0 Å². The number of nitrogens with one attached hydrogen (secondary N) is 1. The summed E-state index contributed by atoms with van der Waals surface area (Å²) in [6.45, 7) is 4.18. The van der Waals surface area contributed by atoms with Crippen LogP contribution in [0, 0.1) is 11.3 Å². The number of carbonyl (C=O) groups excluding carboxylic acids is 1. The van der Waals surface area contributed by atoms with E-state index in [0.29, 0.717) is 17.2 Å². The van der Waals surface area contributed by atoms with Gasteiger partial charge in [-0.05, 0) is 38.8 Å². The minimum absolute atomic E-state index is 0.323. The summed E-state index contributed by atoms with van der Waals surface area (Å²) < 4.78 is 0. The fourth-order valence-corrected chi connectivity index (χ4v) is 3.24. The van der Waals surface area contributed by atoms with Crippen molar-refractivity contribution < 1.29 is 4.79 Å². The molecule has 0 aromatic carbocycles. The number of nitrogens with zero attached hydrogens (tertiary/aromatic N) is 1. The summed E-state index contributed by atoms with van der Waals surface area (Å²) in [5, 5.41) is 3.31. The Labute approximate surface area is 91.2 Å². The van der Waals surface area contributed by atoms with E-state index in [-0.39, 0.29) is 0 Å². The number of piperidine rings is 1. The van der Waals surface area contributed by atoms with E-state index in [1.54, 1.807) is 0 Å². The Morgan fingerprint density at radius 3 is 2.40 bits per heavy atom. The Morgan fingerprint density at radius 1 is 1.20 bits per heavy atom. The topological polar surface area (TPSA) is 32.3 Å². The molecule has 3 rings (SSSR count). The summed E-state index contributed by atoms with van der Waals surface area (Å²) in [5.41, 5.74) is 0.586. The predicted molar refractivity (Wildman–Crippen MR) is 58.5 cm³/mol. The van der Waals surface area contributed by atoms with Crippen LogP contribution < -0.4 is 5.32 Å². The number of amides is 1. The lowest BCUT2D eigenvalue weighted by Crippen LogP contribution is -2.62. The zero-order chi connectivity index (χ0) is 10.3. The standard InChI is InChI=1S/C12H20N2O/c15-11(10-2-6-13-7-3-10)14-8-12(9-14)4-1-5-12/h10,13H,1-9H2. The van der Waals surface area contributed by atoms with Crippen molar-refractivity contribution in [3.05, 3.63) is 0 Å². The molecule has 1 amide bonds. The highest BCUT2D eigenvalue weighted by molar-refractivity contribution is 5.80. The van der Waals surface area contributed by atoms with E-state index in [2.05, 4.69) is 10.2 Å². The van der Waals surface area contributed by atoms with Gasteiger partial charge in [0.05, 0.1) is 0 Å². The van der Waals surface area contributed by atoms with Crippen molar-refractivity contribution in [1.82, 2.24) is 10.2 Å². The molecule has 0 aromatic rings. The van der Waals surface area contributed by atoms with Crippen LogP contribution in [0.1, 0.15) is 32.1 Å². The van der Waals surface area contributed by atoms with Gasteiger partial charge in [0.25, 0.3) is 0 Å². The highest BCUT2D eigenvalue weighted by atomic mass is 16.2. The minimum atomic E-state index is 0.323.